The summed E-state index contributed by atoms with van der Waals surface area (Å²) >= 11 is 0. The largest absolute Gasteiger partial charge is 0.309 e. The maximum Gasteiger partial charge on any atom is 0.123 e. The third kappa shape index (κ3) is 3.20. The van der Waals surface area contributed by atoms with Gasteiger partial charge in [0.25, 0.3) is 0 Å². The molecule has 2 aromatic carbocycles. The number of rotatable bonds is 3. The van der Waals surface area contributed by atoms with E-state index in [1.807, 2.05) is 12.1 Å². The molecule has 0 heterocycles. The van der Waals surface area contributed by atoms with E-state index in [4.69, 9.17) is 0 Å². The molecule has 0 bridgehead atoms. The molecule has 0 aromatic heterocycles. The van der Waals surface area contributed by atoms with E-state index in [0.29, 0.717) is 12.3 Å². The van der Waals surface area contributed by atoms with Gasteiger partial charge in [-0.1, -0.05) is 12.1 Å². The molecule has 0 saturated carbocycles. The summed E-state index contributed by atoms with van der Waals surface area (Å²) in [5.41, 5.74) is 4.41. The Bertz CT molecular complexity index is 679. The summed E-state index contributed by atoms with van der Waals surface area (Å²) in [5, 5.41) is 0. The topological polar surface area (TPSA) is 3.24 Å². The Morgan fingerprint density at radius 3 is 2.36 bits per heavy atom. The number of hydrogen-bond donors (Lipinski definition) is 0. The van der Waals surface area contributed by atoms with Crippen LogP contribution in [0.5, 0.6) is 0 Å². The first-order valence-electron chi connectivity index (χ1n) is 7.73. The molecule has 0 fully saturated rings. The Morgan fingerprint density at radius 2 is 1.64 bits per heavy atom. The van der Waals surface area contributed by atoms with E-state index in [1.165, 1.54) is 17.7 Å². The lowest BCUT2D eigenvalue weighted by molar-refractivity contribution is 0.379. The van der Waals surface area contributed by atoms with E-state index in [1.54, 1.807) is 12.1 Å². The molecular weight excluding hydrogens is 280 g/mol. The summed E-state index contributed by atoms with van der Waals surface area (Å²) in [4.78, 5) is 2.15. The van der Waals surface area contributed by atoms with Crippen LogP contribution in [0.25, 0.3) is 0 Å². The zero-order valence-electron chi connectivity index (χ0n) is 13.1. The van der Waals surface area contributed by atoms with Crippen LogP contribution in [0.2, 0.25) is 0 Å². The van der Waals surface area contributed by atoms with Crippen molar-refractivity contribution in [3.63, 3.8) is 0 Å². The molecule has 0 radical (unpaired) electrons. The summed E-state index contributed by atoms with van der Waals surface area (Å²) in [5.74, 6) is -0.0843. The van der Waals surface area contributed by atoms with Gasteiger partial charge >= 0.3 is 0 Å². The minimum Gasteiger partial charge on any atom is -0.309 e. The summed E-state index contributed by atoms with van der Waals surface area (Å²) < 4.78 is 27.2. The van der Waals surface area contributed by atoms with Gasteiger partial charge in [-0.15, -0.1) is 0 Å². The van der Waals surface area contributed by atoms with Crippen molar-refractivity contribution in [1.29, 1.82) is 0 Å². The second kappa shape index (κ2) is 6.17. The van der Waals surface area contributed by atoms with E-state index < -0.39 is 0 Å². The molecular formula is C19H21F2N. The van der Waals surface area contributed by atoms with Crippen molar-refractivity contribution in [2.24, 2.45) is 0 Å². The zero-order chi connectivity index (χ0) is 15.7. The molecule has 1 aliphatic carbocycles. The minimum absolute atomic E-state index is 0.192. The van der Waals surface area contributed by atoms with Crippen molar-refractivity contribution in [2.45, 2.75) is 25.2 Å². The van der Waals surface area contributed by atoms with Crippen molar-refractivity contribution in [2.75, 3.05) is 20.6 Å². The molecule has 1 unspecified atom stereocenters. The molecule has 1 nitrogen and oxygen atoms in total. The first-order chi connectivity index (χ1) is 10.5. The summed E-state index contributed by atoms with van der Waals surface area (Å²) in [6.45, 7) is 0.964. The molecule has 3 rings (SSSR count). The lowest BCUT2D eigenvalue weighted by Crippen LogP contribution is -2.17. The third-order valence-corrected chi connectivity index (χ3v) is 4.49. The molecule has 116 valence electrons. The molecule has 22 heavy (non-hydrogen) atoms. The van der Waals surface area contributed by atoms with Crippen LogP contribution < -0.4 is 0 Å². The fraction of sp³-hybridized carbons (Fsp3) is 0.368. The van der Waals surface area contributed by atoms with Crippen LogP contribution in [-0.4, -0.2) is 25.5 Å². The van der Waals surface area contributed by atoms with Crippen LogP contribution in [0.15, 0.2) is 36.4 Å². The third-order valence-electron chi connectivity index (χ3n) is 4.49. The van der Waals surface area contributed by atoms with Crippen LogP contribution in [-0.2, 0) is 12.8 Å². The molecule has 0 saturated heterocycles. The van der Waals surface area contributed by atoms with E-state index >= 15 is 0 Å². The van der Waals surface area contributed by atoms with Crippen molar-refractivity contribution in [1.82, 2.24) is 4.90 Å². The number of fused-ring (bicyclic) bond motifs is 2. The van der Waals surface area contributed by atoms with E-state index in [9.17, 15) is 8.78 Å². The van der Waals surface area contributed by atoms with Gasteiger partial charge in [-0.25, -0.2) is 8.78 Å². The second-order valence-electron chi connectivity index (χ2n) is 6.43. The maximum atomic E-state index is 13.6. The highest BCUT2D eigenvalue weighted by atomic mass is 19.1. The first kappa shape index (κ1) is 15.2. The van der Waals surface area contributed by atoms with Gasteiger partial charge in [0.15, 0.2) is 0 Å². The Labute approximate surface area is 130 Å². The second-order valence-corrected chi connectivity index (χ2v) is 6.43. The normalized spacial score (nSPS) is 17.0. The zero-order valence-corrected chi connectivity index (χ0v) is 13.1. The molecule has 1 atom stereocenters. The quantitative estimate of drug-likeness (QED) is 0.823. The standard InChI is InChI=1S/C19H21F2N/c1-22(2)8-7-14-10-15-11-17(20)4-3-13(15)9-16-12-18(21)5-6-19(14)16/h3-6,11-12,14H,7-10H2,1-2H3. The van der Waals surface area contributed by atoms with E-state index in [2.05, 4.69) is 19.0 Å². The van der Waals surface area contributed by atoms with Gasteiger partial charge in [-0.3, -0.25) is 0 Å². The fourth-order valence-electron chi connectivity index (χ4n) is 3.33. The Balaban J connectivity index is 2.02. The van der Waals surface area contributed by atoms with Crippen molar-refractivity contribution in [3.8, 4) is 0 Å². The lowest BCUT2D eigenvalue weighted by Gasteiger charge is -2.20. The smallest absolute Gasteiger partial charge is 0.123 e. The molecule has 2 aromatic rings. The molecule has 3 heteroatoms. The predicted octanol–water partition coefficient (Wildman–Crippen LogP) is 4.15. The Kier molecular flexibility index (Phi) is 4.25. The van der Waals surface area contributed by atoms with Gasteiger partial charge in [-0.2, -0.15) is 0 Å². The van der Waals surface area contributed by atoms with Gasteiger partial charge in [0.1, 0.15) is 11.6 Å². The fourth-order valence-corrected chi connectivity index (χ4v) is 3.33. The number of halogens is 2. The molecule has 0 amide bonds. The van der Waals surface area contributed by atoms with Crippen LogP contribution in [0.1, 0.15) is 34.6 Å². The highest BCUT2D eigenvalue weighted by Gasteiger charge is 2.22. The summed E-state index contributed by atoms with van der Waals surface area (Å²) in [7, 11) is 4.10. The highest BCUT2D eigenvalue weighted by molar-refractivity contribution is 5.43. The van der Waals surface area contributed by atoms with Crippen LogP contribution in [0.4, 0.5) is 8.78 Å². The van der Waals surface area contributed by atoms with Gasteiger partial charge in [-0.05, 0) is 92.3 Å². The molecule has 0 spiro atoms. The van der Waals surface area contributed by atoms with Gasteiger partial charge in [0.2, 0.25) is 0 Å². The summed E-state index contributed by atoms with van der Waals surface area (Å²) in [6.07, 6.45) is 2.49. The molecule has 1 aliphatic rings. The van der Waals surface area contributed by atoms with Crippen LogP contribution >= 0.6 is 0 Å². The Morgan fingerprint density at radius 1 is 0.955 bits per heavy atom. The molecule has 0 N–H and O–H groups in total. The van der Waals surface area contributed by atoms with Gasteiger partial charge < -0.3 is 4.90 Å². The van der Waals surface area contributed by atoms with Crippen LogP contribution in [0.3, 0.4) is 0 Å². The first-order valence-corrected chi connectivity index (χ1v) is 7.73. The average molecular weight is 301 g/mol. The van der Waals surface area contributed by atoms with Crippen molar-refractivity contribution in [3.05, 3.63) is 70.3 Å². The number of hydrogen-bond acceptors (Lipinski definition) is 1. The van der Waals surface area contributed by atoms with Crippen LogP contribution in [0, 0.1) is 11.6 Å². The summed E-state index contributed by atoms with van der Waals surface area (Å²) in [6, 6.07) is 10.1. The number of benzene rings is 2. The lowest BCUT2D eigenvalue weighted by atomic mass is 9.88. The SMILES string of the molecule is CN(C)CCC1Cc2cc(F)ccc2Cc2cc(F)ccc21. The van der Waals surface area contributed by atoms with E-state index in [-0.39, 0.29) is 11.6 Å². The monoisotopic (exact) mass is 301 g/mol. The minimum atomic E-state index is -0.198. The number of nitrogens with zero attached hydrogens (tertiary/aromatic N) is 1. The van der Waals surface area contributed by atoms with E-state index in [0.717, 1.165) is 36.1 Å². The van der Waals surface area contributed by atoms with Gasteiger partial charge in [0.05, 0.1) is 0 Å². The average Bonchev–Trinajstić information content (AvgIpc) is 2.60. The van der Waals surface area contributed by atoms with Crippen molar-refractivity contribution < 1.29 is 8.78 Å². The van der Waals surface area contributed by atoms with Crippen molar-refractivity contribution >= 4 is 0 Å². The molecule has 0 aliphatic heterocycles. The predicted molar refractivity (Wildman–Crippen MR) is 85.2 cm³/mol. The van der Waals surface area contributed by atoms with Gasteiger partial charge in [0, 0.05) is 0 Å². The maximum absolute atomic E-state index is 13.6. The highest BCUT2D eigenvalue weighted by Crippen LogP contribution is 2.34. The Hall–Kier alpha value is -1.74.